The Morgan fingerprint density at radius 1 is 0.923 bits per heavy atom. The van der Waals surface area contributed by atoms with Gasteiger partial charge in [-0.05, 0) is 0 Å². The average molecular weight is 187 g/mol. The van der Waals surface area contributed by atoms with E-state index in [1.165, 1.54) is 44.9 Å². The first-order valence-corrected chi connectivity index (χ1v) is 6.18. The predicted molar refractivity (Wildman–Crippen MR) is 63.5 cm³/mol. The van der Waals surface area contributed by atoms with Crippen LogP contribution in [0.25, 0.3) is 0 Å². The van der Waals surface area contributed by atoms with Crippen LogP contribution in [0.1, 0.15) is 65.7 Å². The number of hydrogen-bond acceptors (Lipinski definition) is 0. The van der Waals surface area contributed by atoms with E-state index in [2.05, 4.69) is 42.5 Å². The van der Waals surface area contributed by atoms with Crippen molar-refractivity contribution in [1.82, 2.24) is 0 Å². The van der Waals surface area contributed by atoms with Crippen molar-refractivity contribution >= 4 is 40.6 Å². The average Bonchev–Trinajstić information content (AvgIpc) is 2.01. The van der Waals surface area contributed by atoms with Crippen LogP contribution in [0.3, 0.4) is 0 Å². The molecule has 13 heavy (non-hydrogen) atoms. The van der Waals surface area contributed by atoms with Gasteiger partial charge in [0, 0.05) is 18.9 Å². The fourth-order valence-corrected chi connectivity index (χ4v) is 2.03. The molecule has 70 valence electrons. The summed E-state index contributed by atoms with van der Waals surface area (Å²) in [6.07, 6.45) is 9.81. The minimum Gasteiger partial charge on any atom is -0.158 e. The second-order valence-electron chi connectivity index (χ2n) is 4.37. The Kier molecular flexibility index (Phi) is 12.8. The van der Waals surface area contributed by atoms with Gasteiger partial charge in [-0.2, -0.15) is 3.54 Å². The van der Waals surface area contributed by atoms with Crippen molar-refractivity contribution in [2.24, 2.45) is 0 Å². The molecule has 0 aliphatic heterocycles. The molecule has 0 spiro atoms. The molecule has 0 heterocycles. The Bertz CT molecular complexity index is 102. The summed E-state index contributed by atoms with van der Waals surface area (Å²) in [6.45, 7) is 6.99. The van der Waals surface area contributed by atoms with Crippen LogP contribution in [0.4, 0.5) is 0 Å². The number of unbranched alkanes of at least 4 members (excludes halogenated alkanes) is 3. The van der Waals surface area contributed by atoms with E-state index >= 15 is 0 Å². The molecule has 0 aromatic rings. The molecule has 0 aromatic heterocycles. The van der Waals surface area contributed by atoms with Crippen molar-refractivity contribution in [2.45, 2.75) is 69.3 Å². The van der Waals surface area contributed by atoms with Gasteiger partial charge in [0.25, 0.3) is 0 Å². The maximum absolute atomic E-state index is 2.43. The van der Waals surface area contributed by atoms with Crippen molar-refractivity contribution in [3.05, 3.63) is 0 Å². The number of rotatable bonds is 7. The molecule has 1 atom stereocenters. The minimum atomic E-state index is 0. The normalized spacial score (nSPS) is 14.6. The summed E-state index contributed by atoms with van der Waals surface area (Å²) in [4.78, 5) is 0. The van der Waals surface area contributed by atoms with E-state index in [0.717, 1.165) is 0 Å². The molecule has 0 nitrogen and oxygen atoms in total. The van der Waals surface area contributed by atoms with Crippen molar-refractivity contribution in [3.8, 4) is 0 Å². The SMILES string of the molecule is CCCCC[C](C)([Mg])CCCC.[Li]. The Balaban J connectivity index is 0. The predicted octanol–water partition coefficient (Wildman–Crippen LogP) is 3.72. The second-order valence-corrected chi connectivity index (χ2v) is 6.08. The summed E-state index contributed by atoms with van der Waals surface area (Å²) in [5.41, 5.74) is 0. The monoisotopic (exact) mass is 186 g/mol. The van der Waals surface area contributed by atoms with Crippen LogP contribution in [0.2, 0.25) is 3.54 Å². The molecule has 0 aliphatic rings. The molecule has 0 bridgehead atoms. The van der Waals surface area contributed by atoms with E-state index in [4.69, 9.17) is 0 Å². The van der Waals surface area contributed by atoms with Crippen LogP contribution in [0, 0.1) is 0 Å². The van der Waals surface area contributed by atoms with E-state index in [0.29, 0.717) is 3.54 Å². The smallest absolute Gasteiger partial charge is 0.158 e. The molecule has 0 rings (SSSR count). The minimum absolute atomic E-state index is 0. The van der Waals surface area contributed by atoms with Gasteiger partial charge in [-0.3, -0.25) is 0 Å². The van der Waals surface area contributed by atoms with Crippen LogP contribution >= 0.6 is 0 Å². The summed E-state index contributed by atoms with van der Waals surface area (Å²) in [5.74, 6) is 0. The van der Waals surface area contributed by atoms with Crippen LogP contribution in [0.15, 0.2) is 0 Å². The topological polar surface area (TPSA) is 0 Å². The molecule has 0 aromatic carbocycles. The summed E-state index contributed by atoms with van der Waals surface area (Å²) in [5, 5.41) is 0. The van der Waals surface area contributed by atoms with Gasteiger partial charge in [-0.1, -0.05) is 65.7 Å². The van der Waals surface area contributed by atoms with Gasteiger partial charge in [-0.25, -0.2) is 0 Å². The van der Waals surface area contributed by atoms with E-state index < -0.39 is 0 Å². The maximum Gasteiger partial charge on any atom is 0.232 e. The van der Waals surface area contributed by atoms with Crippen molar-refractivity contribution < 1.29 is 0 Å². The molecule has 1 unspecified atom stereocenters. The van der Waals surface area contributed by atoms with Crippen molar-refractivity contribution in [2.75, 3.05) is 0 Å². The van der Waals surface area contributed by atoms with Gasteiger partial charge >= 0.3 is 0 Å². The Hall–Kier alpha value is 1.36. The van der Waals surface area contributed by atoms with Gasteiger partial charge < -0.3 is 0 Å². The largest absolute Gasteiger partial charge is 0.232 e. The van der Waals surface area contributed by atoms with Crippen LogP contribution in [-0.4, -0.2) is 40.6 Å². The van der Waals surface area contributed by atoms with Crippen LogP contribution in [-0.2, 0) is 0 Å². The molecule has 0 N–H and O–H groups in total. The first-order valence-electron chi connectivity index (χ1n) is 5.47. The molecule has 0 fully saturated rings. The van der Waals surface area contributed by atoms with Gasteiger partial charge in [-0.15, -0.1) is 0 Å². The summed E-state index contributed by atoms with van der Waals surface area (Å²) in [6, 6.07) is 0. The quantitative estimate of drug-likeness (QED) is 0.420. The molecule has 0 saturated carbocycles. The molecule has 0 saturated heterocycles. The molecule has 0 amide bonds. The third kappa shape index (κ3) is 11.3. The van der Waals surface area contributed by atoms with Crippen LogP contribution in [0.5, 0.6) is 0 Å². The van der Waals surface area contributed by atoms with E-state index in [1.807, 2.05) is 0 Å². The van der Waals surface area contributed by atoms with Gasteiger partial charge in [0.2, 0.25) is 21.7 Å². The van der Waals surface area contributed by atoms with E-state index in [1.54, 1.807) is 0 Å². The Morgan fingerprint density at radius 2 is 1.38 bits per heavy atom. The van der Waals surface area contributed by atoms with Gasteiger partial charge in [0.15, 0.2) is 0 Å². The fourth-order valence-electron chi connectivity index (χ4n) is 1.53. The number of hydrogen-bond donors (Lipinski definition) is 0. The van der Waals surface area contributed by atoms with E-state index in [-0.39, 0.29) is 18.9 Å². The van der Waals surface area contributed by atoms with E-state index in [9.17, 15) is 0 Å². The zero-order valence-electron chi connectivity index (χ0n) is 10.2. The van der Waals surface area contributed by atoms with Gasteiger partial charge in [0.05, 0.1) is 0 Å². The third-order valence-corrected chi connectivity index (χ3v) is 3.22. The summed E-state index contributed by atoms with van der Waals surface area (Å²) in [7, 11) is 0. The maximum atomic E-state index is 2.43. The van der Waals surface area contributed by atoms with Crippen molar-refractivity contribution in [3.63, 3.8) is 0 Å². The summed E-state index contributed by atoms with van der Waals surface area (Å²) >= 11 is 2.21. The second kappa shape index (κ2) is 9.90. The summed E-state index contributed by atoms with van der Waals surface area (Å²) < 4.78 is 0.630. The van der Waals surface area contributed by atoms with Crippen LogP contribution < -0.4 is 0 Å². The zero-order valence-corrected chi connectivity index (χ0v) is 11.6. The molecule has 2 heteroatoms. The third-order valence-electron chi connectivity index (χ3n) is 2.52. The molecule has 2 radical (unpaired) electrons. The first-order chi connectivity index (χ1) is 5.62. The Labute approximate surface area is 109 Å². The first kappa shape index (κ1) is 16.8. The molecule has 0 aliphatic carbocycles. The van der Waals surface area contributed by atoms with Crippen molar-refractivity contribution in [1.29, 1.82) is 0 Å². The zero-order chi connectivity index (χ0) is 9.45. The molecular weight excluding hydrogens is 163 g/mol. The molecular formula is C11H23LiMg. The van der Waals surface area contributed by atoms with Gasteiger partial charge in [0.1, 0.15) is 0 Å². The Morgan fingerprint density at radius 3 is 1.85 bits per heavy atom. The fraction of sp³-hybridized carbons (Fsp3) is 1.00. The standard InChI is InChI=1S/C11H23.Li.Mg/c1-4-6-8-10-11(3)9-7-5-2;;/h4-10H2,1-3H3;;.